The van der Waals surface area contributed by atoms with E-state index in [2.05, 4.69) is 41.6 Å². The van der Waals surface area contributed by atoms with Crippen molar-refractivity contribution in [2.75, 3.05) is 13.1 Å². The molecule has 2 aromatic carbocycles. The SMILES string of the molecule is CC(C)n1c([C@H]2CCCN(C(=O)c3ccc4c(c3)ncn4C)C2)nc2ccccc21. The Hall–Kier alpha value is -3.15. The van der Waals surface area contributed by atoms with Gasteiger partial charge in [0.1, 0.15) is 5.82 Å². The van der Waals surface area contributed by atoms with Crippen molar-refractivity contribution in [1.82, 2.24) is 24.0 Å². The maximum absolute atomic E-state index is 13.3. The summed E-state index contributed by atoms with van der Waals surface area (Å²) in [7, 11) is 1.97. The maximum atomic E-state index is 13.3. The van der Waals surface area contributed by atoms with E-state index < -0.39 is 0 Å². The van der Waals surface area contributed by atoms with Crippen LogP contribution in [-0.4, -0.2) is 43.0 Å². The lowest BCUT2D eigenvalue weighted by atomic mass is 9.96. The van der Waals surface area contributed by atoms with Gasteiger partial charge in [-0.2, -0.15) is 0 Å². The van der Waals surface area contributed by atoms with Crippen LogP contribution in [0.4, 0.5) is 0 Å². The van der Waals surface area contributed by atoms with Gasteiger partial charge in [0.05, 0.1) is 28.4 Å². The van der Waals surface area contributed by atoms with E-state index in [0.29, 0.717) is 18.2 Å². The smallest absolute Gasteiger partial charge is 0.253 e. The Balaban J connectivity index is 1.45. The second-order valence-corrected chi connectivity index (χ2v) is 8.57. The molecule has 1 saturated heterocycles. The van der Waals surface area contributed by atoms with Gasteiger partial charge in [0, 0.05) is 37.7 Å². The van der Waals surface area contributed by atoms with Crippen LogP contribution in [0.2, 0.25) is 0 Å². The van der Waals surface area contributed by atoms with E-state index >= 15 is 0 Å². The first-order chi connectivity index (χ1) is 14.5. The summed E-state index contributed by atoms with van der Waals surface area (Å²) < 4.78 is 4.31. The number of rotatable bonds is 3. The number of imidazole rings is 2. The van der Waals surface area contributed by atoms with Gasteiger partial charge in [0.15, 0.2) is 0 Å². The van der Waals surface area contributed by atoms with Gasteiger partial charge in [-0.05, 0) is 57.0 Å². The first kappa shape index (κ1) is 18.9. The van der Waals surface area contributed by atoms with Crippen LogP contribution in [-0.2, 0) is 7.05 Å². The molecule has 0 N–H and O–H groups in total. The van der Waals surface area contributed by atoms with E-state index in [1.165, 1.54) is 5.52 Å². The Bertz CT molecular complexity index is 1240. The largest absolute Gasteiger partial charge is 0.338 e. The lowest BCUT2D eigenvalue weighted by molar-refractivity contribution is 0.0703. The van der Waals surface area contributed by atoms with Crippen LogP contribution in [0, 0.1) is 0 Å². The van der Waals surface area contributed by atoms with Gasteiger partial charge in [-0.15, -0.1) is 0 Å². The number of piperidine rings is 1. The number of hydrogen-bond acceptors (Lipinski definition) is 3. The lowest BCUT2D eigenvalue weighted by Crippen LogP contribution is -2.39. The molecule has 6 heteroatoms. The van der Waals surface area contributed by atoms with Crippen molar-refractivity contribution in [1.29, 1.82) is 0 Å². The number of benzene rings is 2. The first-order valence-corrected chi connectivity index (χ1v) is 10.7. The fourth-order valence-electron chi connectivity index (χ4n) is 4.72. The third-order valence-electron chi connectivity index (χ3n) is 6.19. The van der Waals surface area contributed by atoms with Crippen LogP contribution >= 0.6 is 0 Å². The molecule has 1 atom stereocenters. The highest BCUT2D eigenvalue weighted by Gasteiger charge is 2.29. The molecular weight excluding hydrogens is 374 g/mol. The normalized spacial score (nSPS) is 17.3. The molecule has 1 aliphatic rings. The molecule has 1 fully saturated rings. The summed E-state index contributed by atoms with van der Waals surface area (Å²) in [5, 5.41) is 0. The lowest BCUT2D eigenvalue weighted by Gasteiger charge is -2.33. The Morgan fingerprint density at radius 2 is 1.93 bits per heavy atom. The molecule has 154 valence electrons. The Kier molecular flexibility index (Phi) is 4.57. The molecule has 4 aromatic rings. The van der Waals surface area contributed by atoms with Crippen molar-refractivity contribution in [2.24, 2.45) is 7.05 Å². The van der Waals surface area contributed by atoms with Crippen molar-refractivity contribution >= 4 is 28.0 Å². The second kappa shape index (κ2) is 7.27. The van der Waals surface area contributed by atoms with Crippen LogP contribution in [0.25, 0.3) is 22.1 Å². The summed E-state index contributed by atoms with van der Waals surface area (Å²) in [5.74, 6) is 1.43. The fourth-order valence-corrected chi connectivity index (χ4v) is 4.72. The molecule has 1 amide bonds. The van der Waals surface area contributed by atoms with Gasteiger partial charge in [-0.25, -0.2) is 9.97 Å². The Labute approximate surface area is 176 Å². The van der Waals surface area contributed by atoms with E-state index in [0.717, 1.165) is 41.8 Å². The number of carbonyl (C=O) groups is 1. The quantitative estimate of drug-likeness (QED) is 0.507. The molecule has 3 heterocycles. The summed E-state index contributed by atoms with van der Waals surface area (Å²) in [4.78, 5) is 24.7. The predicted octanol–water partition coefficient (Wildman–Crippen LogP) is 4.52. The molecule has 0 spiro atoms. The molecule has 5 rings (SSSR count). The number of para-hydroxylation sites is 2. The van der Waals surface area contributed by atoms with Crippen LogP contribution in [0.15, 0.2) is 48.8 Å². The summed E-state index contributed by atoms with van der Waals surface area (Å²) in [5.41, 5.74) is 4.81. The molecule has 0 radical (unpaired) electrons. The average Bonchev–Trinajstić information content (AvgIpc) is 3.34. The zero-order chi connectivity index (χ0) is 20.8. The van der Waals surface area contributed by atoms with Crippen molar-refractivity contribution < 1.29 is 4.79 Å². The Morgan fingerprint density at radius 1 is 1.10 bits per heavy atom. The minimum atomic E-state index is 0.0828. The fraction of sp³-hybridized carbons (Fsp3) is 0.375. The molecule has 0 aliphatic carbocycles. The number of aryl methyl sites for hydroxylation is 1. The summed E-state index contributed by atoms with van der Waals surface area (Å²) in [6.07, 6.45) is 3.83. The van der Waals surface area contributed by atoms with Crippen molar-refractivity contribution in [2.45, 2.75) is 38.6 Å². The van der Waals surface area contributed by atoms with Crippen LogP contribution < -0.4 is 0 Å². The summed E-state index contributed by atoms with van der Waals surface area (Å²) >= 11 is 0. The van der Waals surface area contributed by atoms with Crippen LogP contribution in [0.5, 0.6) is 0 Å². The third-order valence-corrected chi connectivity index (χ3v) is 6.19. The number of hydrogen-bond donors (Lipinski definition) is 0. The number of likely N-dealkylation sites (tertiary alicyclic amines) is 1. The molecule has 0 bridgehead atoms. The molecule has 6 nitrogen and oxygen atoms in total. The number of nitrogens with zero attached hydrogens (tertiary/aromatic N) is 5. The second-order valence-electron chi connectivity index (χ2n) is 8.57. The van der Waals surface area contributed by atoms with Gasteiger partial charge in [0.2, 0.25) is 0 Å². The maximum Gasteiger partial charge on any atom is 0.253 e. The van der Waals surface area contributed by atoms with E-state index in [1.54, 1.807) is 6.33 Å². The average molecular weight is 402 g/mol. The third kappa shape index (κ3) is 3.07. The minimum Gasteiger partial charge on any atom is -0.338 e. The highest BCUT2D eigenvalue weighted by atomic mass is 16.2. The highest BCUT2D eigenvalue weighted by molar-refractivity contribution is 5.97. The van der Waals surface area contributed by atoms with Gasteiger partial charge >= 0.3 is 0 Å². The molecule has 2 aromatic heterocycles. The number of fused-ring (bicyclic) bond motifs is 2. The Morgan fingerprint density at radius 3 is 2.77 bits per heavy atom. The van der Waals surface area contributed by atoms with Crippen LogP contribution in [0.3, 0.4) is 0 Å². The first-order valence-electron chi connectivity index (χ1n) is 10.7. The van der Waals surface area contributed by atoms with E-state index in [-0.39, 0.29) is 11.8 Å². The zero-order valence-electron chi connectivity index (χ0n) is 17.7. The van der Waals surface area contributed by atoms with Crippen molar-refractivity contribution in [3.8, 4) is 0 Å². The number of carbonyl (C=O) groups excluding carboxylic acids is 1. The van der Waals surface area contributed by atoms with Gasteiger partial charge in [0.25, 0.3) is 5.91 Å². The molecular formula is C24H27N5O. The topological polar surface area (TPSA) is 56.0 Å². The van der Waals surface area contributed by atoms with Crippen molar-refractivity contribution in [3.63, 3.8) is 0 Å². The van der Waals surface area contributed by atoms with Crippen LogP contribution in [0.1, 0.15) is 54.8 Å². The number of aromatic nitrogens is 4. The van der Waals surface area contributed by atoms with Crippen molar-refractivity contribution in [3.05, 3.63) is 60.2 Å². The van der Waals surface area contributed by atoms with E-state index in [1.807, 2.05) is 40.8 Å². The molecule has 1 aliphatic heterocycles. The van der Waals surface area contributed by atoms with Gasteiger partial charge < -0.3 is 14.0 Å². The predicted molar refractivity (Wildman–Crippen MR) is 119 cm³/mol. The highest BCUT2D eigenvalue weighted by Crippen LogP contribution is 2.32. The van der Waals surface area contributed by atoms with Gasteiger partial charge in [-0.3, -0.25) is 4.79 Å². The number of amides is 1. The van der Waals surface area contributed by atoms with E-state index in [4.69, 9.17) is 4.98 Å². The molecule has 30 heavy (non-hydrogen) atoms. The molecule has 0 saturated carbocycles. The minimum absolute atomic E-state index is 0.0828. The van der Waals surface area contributed by atoms with Gasteiger partial charge in [-0.1, -0.05) is 12.1 Å². The standard InChI is InChI=1S/C24H27N5O/c1-16(2)29-22-9-5-4-8-19(22)26-23(29)18-7-6-12-28(14-18)24(30)17-10-11-21-20(13-17)25-15-27(21)3/h4-5,8-11,13,15-16,18H,6-7,12,14H2,1-3H3/t18-/m0/s1. The summed E-state index contributed by atoms with van der Waals surface area (Å²) in [6.45, 7) is 5.89. The summed E-state index contributed by atoms with van der Waals surface area (Å²) in [6, 6.07) is 14.4. The monoisotopic (exact) mass is 401 g/mol. The molecule has 0 unspecified atom stereocenters. The zero-order valence-corrected chi connectivity index (χ0v) is 17.7. The van der Waals surface area contributed by atoms with E-state index in [9.17, 15) is 4.79 Å².